The largest absolute Gasteiger partial charge is 0.447 e. The molecule has 4 rings (SSSR count). The summed E-state index contributed by atoms with van der Waals surface area (Å²) in [5.41, 5.74) is 3.46. The molecule has 3 aromatic carbocycles. The van der Waals surface area contributed by atoms with E-state index in [1.165, 1.54) is 18.4 Å². The van der Waals surface area contributed by atoms with Crippen LogP contribution in [0.25, 0.3) is 21.8 Å². The molecule has 172 valence electrons. The number of ether oxygens (including phenoxy) is 2. The van der Waals surface area contributed by atoms with Gasteiger partial charge in [-0.3, -0.25) is 10.1 Å². The van der Waals surface area contributed by atoms with Crippen LogP contribution in [0.1, 0.15) is 9.67 Å². The molecular weight excluding hydrogens is 450 g/mol. The number of hydrogen-bond donors (Lipinski definition) is 2. The summed E-state index contributed by atoms with van der Waals surface area (Å²) in [6, 6.07) is 26.2. The molecule has 0 atom stereocenters. The molecule has 2 amide bonds. The van der Waals surface area contributed by atoms with Crippen LogP contribution in [0.15, 0.2) is 84.9 Å². The minimum absolute atomic E-state index is 0.149. The highest BCUT2D eigenvalue weighted by Crippen LogP contribution is 2.34. The monoisotopic (exact) mass is 473 g/mol. The zero-order valence-electron chi connectivity index (χ0n) is 18.5. The van der Waals surface area contributed by atoms with Gasteiger partial charge in [-0.25, -0.2) is 9.78 Å². The number of anilines is 2. The van der Waals surface area contributed by atoms with Gasteiger partial charge in [-0.1, -0.05) is 66.7 Å². The Kier molecular flexibility index (Phi) is 7.64. The highest BCUT2D eigenvalue weighted by Gasteiger charge is 2.20. The Morgan fingerprint density at radius 3 is 2.15 bits per heavy atom. The number of benzene rings is 3. The lowest BCUT2D eigenvalue weighted by Crippen LogP contribution is -2.16. The summed E-state index contributed by atoms with van der Waals surface area (Å²) in [6.45, 7) is 0.462. The van der Waals surface area contributed by atoms with E-state index in [0.29, 0.717) is 28.6 Å². The summed E-state index contributed by atoms with van der Waals surface area (Å²) in [5.74, 6) is -0.279. The number of carbonyl (C=O) groups excluding carboxylic acids is 2. The quantitative estimate of drug-likeness (QED) is 0.310. The van der Waals surface area contributed by atoms with E-state index in [-0.39, 0.29) is 12.5 Å². The summed E-state index contributed by atoms with van der Waals surface area (Å²) in [7, 11) is 1.53. The molecule has 0 aliphatic rings. The lowest BCUT2D eigenvalue weighted by atomic mass is 10.1. The summed E-state index contributed by atoms with van der Waals surface area (Å²) in [6.07, 6.45) is -0.596. The first-order chi connectivity index (χ1) is 16.6. The van der Waals surface area contributed by atoms with Gasteiger partial charge in [-0.15, -0.1) is 11.3 Å². The SMILES string of the molecule is COCCOC(=O)Nc1cccc(NC(=O)c2sc(-c3ccccc3)nc2-c2ccccc2)c1. The van der Waals surface area contributed by atoms with Gasteiger partial charge in [-0.2, -0.15) is 0 Å². The predicted molar refractivity (Wildman–Crippen MR) is 134 cm³/mol. The maximum Gasteiger partial charge on any atom is 0.411 e. The molecule has 2 N–H and O–H groups in total. The van der Waals surface area contributed by atoms with Crippen LogP contribution < -0.4 is 10.6 Å². The second kappa shape index (κ2) is 11.2. The fourth-order valence-electron chi connectivity index (χ4n) is 3.20. The van der Waals surface area contributed by atoms with E-state index in [9.17, 15) is 9.59 Å². The van der Waals surface area contributed by atoms with Crippen LogP contribution in [0.3, 0.4) is 0 Å². The number of nitrogens with zero attached hydrogens (tertiary/aromatic N) is 1. The van der Waals surface area contributed by atoms with Crippen molar-refractivity contribution in [1.29, 1.82) is 0 Å². The third-order valence-electron chi connectivity index (χ3n) is 4.79. The number of thiazole rings is 1. The number of aromatic nitrogens is 1. The number of hydrogen-bond acceptors (Lipinski definition) is 6. The Balaban J connectivity index is 1.56. The number of methoxy groups -OCH3 is 1. The number of carbonyl (C=O) groups is 2. The number of rotatable bonds is 8. The Morgan fingerprint density at radius 2 is 1.47 bits per heavy atom. The van der Waals surface area contributed by atoms with Gasteiger partial charge in [0.2, 0.25) is 0 Å². The number of amides is 2. The fraction of sp³-hybridized carbons (Fsp3) is 0.115. The molecule has 0 fully saturated rings. The molecule has 8 heteroatoms. The van der Waals surface area contributed by atoms with E-state index in [0.717, 1.165) is 16.1 Å². The normalized spacial score (nSPS) is 10.5. The maximum atomic E-state index is 13.3. The zero-order chi connectivity index (χ0) is 23.8. The molecule has 0 aliphatic carbocycles. The first kappa shape index (κ1) is 23.2. The average Bonchev–Trinajstić information content (AvgIpc) is 3.31. The molecule has 1 aromatic heterocycles. The first-order valence-corrected chi connectivity index (χ1v) is 11.4. The van der Waals surface area contributed by atoms with Crippen molar-refractivity contribution in [2.75, 3.05) is 31.0 Å². The number of nitrogens with one attached hydrogen (secondary N) is 2. The van der Waals surface area contributed by atoms with Crippen LogP contribution in [0.2, 0.25) is 0 Å². The van der Waals surface area contributed by atoms with Gasteiger partial charge in [0.1, 0.15) is 16.5 Å². The van der Waals surface area contributed by atoms with Gasteiger partial charge in [0, 0.05) is 29.6 Å². The fourth-order valence-corrected chi connectivity index (χ4v) is 4.19. The van der Waals surface area contributed by atoms with Gasteiger partial charge in [-0.05, 0) is 18.2 Å². The van der Waals surface area contributed by atoms with Crippen LogP contribution in [0.4, 0.5) is 16.2 Å². The van der Waals surface area contributed by atoms with Crippen LogP contribution in [-0.2, 0) is 9.47 Å². The minimum atomic E-state index is -0.596. The molecule has 0 saturated heterocycles. The van der Waals surface area contributed by atoms with Gasteiger partial charge in [0.05, 0.1) is 12.3 Å². The van der Waals surface area contributed by atoms with Crippen molar-refractivity contribution < 1.29 is 19.1 Å². The first-order valence-electron chi connectivity index (χ1n) is 10.6. The van der Waals surface area contributed by atoms with Crippen LogP contribution in [0, 0.1) is 0 Å². The van der Waals surface area contributed by atoms with Crippen molar-refractivity contribution in [2.24, 2.45) is 0 Å². The summed E-state index contributed by atoms with van der Waals surface area (Å²) in [5, 5.41) is 6.32. The molecule has 7 nitrogen and oxygen atoms in total. The Hall–Kier alpha value is -4.01. The maximum absolute atomic E-state index is 13.3. The van der Waals surface area contributed by atoms with E-state index >= 15 is 0 Å². The van der Waals surface area contributed by atoms with E-state index in [4.69, 9.17) is 14.5 Å². The summed E-state index contributed by atoms with van der Waals surface area (Å²) in [4.78, 5) is 30.5. The molecule has 1 heterocycles. The summed E-state index contributed by atoms with van der Waals surface area (Å²) >= 11 is 1.34. The highest BCUT2D eigenvalue weighted by molar-refractivity contribution is 7.17. The predicted octanol–water partition coefficient (Wildman–Crippen LogP) is 5.92. The second-order valence-electron chi connectivity index (χ2n) is 7.22. The molecule has 34 heavy (non-hydrogen) atoms. The average molecular weight is 474 g/mol. The molecule has 0 bridgehead atoms. The lowest BCUT2D eigenvalue weighted by Gasteiger charge is -2.09. The lowest BCUT2D eigenvalue weighted by molar-refractivity contribution is 0.103. The molecule has 0 aliphatic heterocycles. The summed E-state index contributed by atoms with van der Waals surface area (Å²) < 4.78 is 9.88. The molecule has 4 aromatic rings. The molecular formula is C26H23N3O4S. The topological polar surface area (TPSA) is 89.5 Å². The van der Waals surface area contributed by atoms with Crippen molar-refractivity contribution in [3.63, 3.8) is 0 Å². The van der Waals surface area contributed by atoms with E-state index in [1.54, 1.807) is 24.3 Å². The van der Waals surface area contributed by atoms with Crippen molar-refractivity contribution in [1.82, 2.24) is 4.98 Å². The van der Waals surface area contributed by atoms with Crippen molar-refractivity contribution in [3.05, 3.63) is 89.8 Å². The molecule has 0 spiro atoms. The van der Waals surface area contributed by atoms with Gasteiger partial charge >= 0.3 is 6.09 Å². The standard InChI is InChI=1S/C26H23N3O4S/c1-32-15-16-33-26(31)28-21-14-8-13-20(17-21)27-24(30)23-22(18-9-4-2-5-10-18)29-25(34-23)19-11-6-3-7-12-19/h2-14,17H,15-16H2,1H3,(H,27,30)(H,28,31). The van der Waals surface area contributed by atoms with Crippen LogP contribution in [-0.4, -0.2) is 37.3 Å². The molecule has 0 saturated carbocycles. The van der Waals surface area contributed by atoms with E-state index in [1.807, 2.05) is 60.7 Å². The smallest absolute Gasteiger partial charge is 0.411 e. The zero-order valence-corrected chi connectivity index (χ0v) is 19.3. The van der Waals surface area contributed by atoms with Gasteiger partial charge in [0.25, 0.3) is 5.91 Å². The Morgan fingerprint density at radius 1 is 0.824 bits per heavy atom. The van der Waals surface area contributed by atoms with Crippen molar-refractivity contribution in [2.45, 2.75) is 0 Å². The second-order valence-corrected chi connectivity index (χ2v) is 8.22. The molecule has 0 radical (unpaired) electrons. The minimum Gasteiger partial charge on any atom is -0.447 e. The third kappa shape index (κ3) is 5.86. The van der Waals surface area contributed by atoms with Crippen LogP contribution >= 0.6 is 11.3 Å². The van der Waals surface area contributed by atoms with Crippen molar-refractivity contribution in [3.8, 4) is 21.8 Å². The van der Waals surface area contributed by atoms with Crippen molar-refractivity contribution >= 4 is 34.7 Å². The Bertz CT molecular complexity index is 1260. The van der Waals surface area contributed by atoms with Gasteiger partial charge < -0.3 is 14.8 Å². The highest BCUT2D eigenvalue weighted by atomic mass is 32.1. The molecule has 0 unspecified atom stereocenters. The Labute approximate surface area is 201 Å². The van der Waals surface area contributed by atoms with E-state index < -0.39 is 6.09 Å². The van der Waals surface area contributed by atoms with E-state index in [2.05, 4.69) is 10.6 Å². The van der Waals surface area contributed by atoms with Gasteiger partial charge in [0.15, 0.2) is 0 Å². The van der Waals surface area contributed by atoms with Crippen LogP contribution in [0.5, 0.6) is 0 Å². The third-order valence-corrected chi connectivity index (χ3v) is 5.89.